The summed E-state index contributed by atoms with van der Waals surface area (Å²) in [7, 11) is 0. The zero-order valence-corrected chi connectivity index (χ0v) is 16.0. The fourth-order valence-corrected chi connectivity index (χ4v) is 3.50. The Balaban J connectivity index is 0.00000261. The standard InChI is InChI=1S/C24H30N2.CH4/c1-19(2)24(11-7-6-10-20-8-4-3-5-9-20)26-17-21-12-13-23-18-25-15-14-22(23)16-21;/h3-5,8-9,12-16,18-19,24,26H,6-7,10-11,17H2,1-2H3;1H4/t24-;/m0./s1. The number of pyridine rings is 1. The molecule has 0 aliphatic rings. The zero-order chi connectivity index (χ0) is 18.2. The van der Waals surface area contributed by atoms with Gasteiger partial charge in [0.2, 0.25) is 0 Å². The number of hydrogen-bond donors (Lipinski definition) is 1. The Bertz CT molecular complexity index is 796. The van der Waals surface area contributed by atoms with Gasteiger partial charge in [-0.2, -0.15) is 0 Å². The number of nitrogens with one attached hydrogen (secondary N) is 1. The number of rotatable bonds is 9. The molecule has 0 unspecified atom stereocenters. The Morgan fingerprint density at radius 3 is 2.48 bits per heavy atom. The van der Waals surface area contributed by atoms with Crippen LogP contribution in [0, 0.1) is 5.92 Å². The summed E-state index contributed by atoms with van der Waals surface area (Å²) >= 11 is 0. The van der Waals surface area contributed by atoms with Crippen molar-refractivity contribution in [1.82, 2.24) is 10.3 Å². The van der Waals surface area contributed by atoms with E-state index in [1.807, 2.05) is 12.4 Å². The van der Waals surface area contributed by atoms with E-state index in [4.69, 9.17) is 0 Å². The smallest absolute Gasteiger partial charge is 0.0346 e. The van der Waals surface area contributed by atoms with E-state index in [0.29, 0.717) is 12.0 Å². The predicted molar refractivity (Wildman–Crippen MR) is 118 cm³/mol. The first-order valence-electron chi connectivity index (χ1n) is 9.82. The van der Waals surface area contributed by atoms with Crippen molar-refractivity contribution in [3.63, 3.8) is 0 Å². The number of fused-ring (bicyclic) bond motifs is 1. The van der Waals surface area contributed by atoms with Gasteiger partial charge in [-0.15, -0.1) is 0 Å². The minimum atomic E-state index is 0. The highest BCUT2D eigenvalue weighted by molar-refractivity contribution is 5.81. The second-order valence-electron chi connectivity index (χ2n) is 7.52. The normalized spacial score (nSPS) is 12.1. The van der Waals surface area contributed by atoms with E-state index in [1.54, 1.807) is 0 Å². The minimum absolute atomic E-state index is 0. The third-order valence-corrected chi connectivity index (χ3v) is 5.15. The Hall–Kier alpha value is -2.19. The van der Waals surface area contributed by atoms with E-state index in [1.165, 1.54) is 47.6 Å². The van der Waals surface area contributed by atoms with Crippen LogP contribution in [0.2, 0.25) is 0 Å². The van der Waals surface area contributed by atoms with Gasteiger partial charge in [0.05, 0.1) is 0 Å². The second-order valence-corrected chi connectivity index (χ2v) is 7.52. The molecule has 0 bridgehead atoms. The summed E-state index contributed by atoms with van der Waals surface area (Å²) < 4.78 is 0. The van der Waals surface area contributed by atoms with Crippen LogP contribution in [0.3, 0.4) is 0 Å². The van der Waals surface area contributed by atoms with Gasteiger partial charge in [-0.1, -0.05) is 70.2 Å². The zero-order valence-electron chi connectivity index (χ0n) is 16.0. The van der Waals surface area contributed by atoms with Gasteiger partial charge in [0.15, 0.2) is 0 Å². The van der Waals surface area contributed by atoms with Crippen LogP contribution in [0.5, 0.6) is 0 Å². The first kappa shape index (κ1) is 21.1. The molecule has 0 saturated heterocycles. The fraction of sp³-hybridized carbons (Fsp3) is 0.400. The van der Waals surface area contributed by atoms with Crippen molar-refractivity contribution < 1.29 is 0 Å². The summed E-state index contributed by atoms with van der Waals surface area (Å²) in [6.07, 6.45) is 8.75. The van der Waals surface area contributed by atoms with E-state index >= 15 is 0 Å². The Kier molecular flexibility index (Phi) is 8.47. The first-order chi connectivity index (χ1) is 12.7. The molecule has 0 aliphatic heterocycles. The number of aromatic nitrogens is 1. The third kappa shape index (κ3) is 6.48. The van der Waals surface area contributed by atoms with Crippen LogP contribution in [0.4, 0.5) is 0 Å². The van der Waals surface area contributed by atoms with Gasteiger partial charge in [0.25, 0.3) is 0 Å². The molecule has 1 atom stereocenters. The molecule has 3 rings (SSSR count). The van der Waals surface area contributed by atoms with E-state index in [9.17, 15) is 0 Å². The molecule has 0 saturated carbocycles. The highest BCUT2D eigenvalue weighted by atomic mass is 14.9. The minimum Gasteiger partial charge on any atom is -0.310 e. The maximum Gasteiger partial charge on any atom is 0.0346 e. The number of nitrogens with zero attached hydrogens (tertiary/aromatic N) is 1. The molecular weight excluding hydrogens is 328 g/mol. The van der Waals surface area contributed by atoms with Crippen LogP contribution >= 0.6 is 0 Å². The molecule has 3 aromatic rings. The molecule has 0 radical (unpaired) electrons. The molecular formula is C25H34N2. The third-order valence-electron chi connectivity index (χ3n) is 5.15. The molecule has 2 heteroatoms. The maximum atomic E-state index is 4.19. The van der Waals surface area contributed by atoms with Crippen molar-refractivity contribution in [3.05, 3.63) is 78.1 Å². The lowest BCUT2D eigenvalue weighted by molar-refractivity contribution is 0.365. The monoisotopic (exact) mass is 362 g/mol. The lowest BCUT2D eigenvalue weighted by Crippen LogP contribution is -2.33. The van der Waals surface area contributed by atoms with Gasteiger partial charge >= 0.3 is 0 Å². The molecule has 1 N–H and O–H groups in total. The van der Waals surface area contributed by atoms with E-state index in [-0.39, 0.29) is 7.43 Å². The maximum absolute atomic E-state index is 4.19. The largest absolute Gasteiger partial charge is 0.310 e. The number of unbranched alkanes of at least 4 members (excludes halogenated alkanes) is 1. The van der Waals surface area contributed by atoms with Gasteiger partial charge in [-0.25, -0.2) is 0 Å². The van der Waals surface area contributed by atoms with Gasteiger partial charge in [-0.3, -0.25) is 4.98 Å². The molecule has 1 aromatic heterocycles. The molecule has 27 heavy (non-hydrogen) atoms. The van der Waals surface area contributed by atoms with Crippen LogP contribution < -0.4 is 5.32 Å². The number of hydrogen-bond acceptors (Lipinski definition) is 2. The van der Waals surface area contributed by atoms with E-state index < -0.39 is 0 Å². The molecule has 2 aromatic carbocycles. The van der Waals surface area contributed by atoms with Gasteiger partial charge in [0, 0.05) is 30.4 Å². The highest BCUT2D eigenvalue weighted by Crippen LogP contribution is 2.17. The summed E-state index contributed by atoms with van der Waals surface area (Å²) in [5, 5.41) is 6.26. The van der Waals surface area contributed by atoms with Gasteiger partial charge < -0.3 is 5.32 Å². The molecule has 0 amide bonds. The average molecular weight is 363 g/mol. The SMILES string of the molecule is C.CC(C)[C@H](CCCCc1ccccc1)NCc1ccc2cnccc2c1. The van der Waals surface area contributed by atoms with E-state index in [0.717, 1.165) is 6.54 Å². The summed E-state index contributed by atoms with van der Waals surface area (Å²) in [6.45, 7) is 5.57. The topological polar surface area (TPSA) is 24.9 Å². The van der Waals surface area contributed by atoms with Crippen molar-refractivity contribution in [2.24, 2.45) is 5.92 Å². The fourth-order valence-electron chi connectivity index (χ4n) is 3.50. The molecule has 2 nitrogen and oxygen atoms in total. The Labute approximate surface area is 165 Å². The highest BCUT2D eigenvalue weighted by Gasteiger charge is 2.12. The molecule has 0 spiro atoms. The van der Waals surface area contributed by atoms with Crippen LogP contribution in [0.15, 0.2) is 67.0 Å². The van der Waals surface area contributed by atoms with Crippen molar-refractivity contribution in [2.75, 3.05) is 0 Å². The lowest BCUT2D eigenvalue weighted by atomic mass is 9.96. The van der Waals surface area contributed by atoms with Crippen LogP contribution in [-0.2, 0) is 13.0 Å². The van der Waals surface area contributed by atoms with Crippen LogP contribution in [0.1, 0.15) is 51.7 Å². The first-order valence-corrected chi connectivity index (χ1v) is 9.82. The lowest BCUT2D eigenvalue weighted by Gasteiger charge is -2.23. The summed E-state index contributed by atoms with van der Waals surface area (Å²) in [6, 6.07) is 20.1. The summed E-state index contributed by atoms with van der Waals surface area (Å²) in [5.74, 6) is 0.649. The quantitative estimate of drug-likeness (QED) is 0.446. The van der Waals surface area contributed by atoms with Crippen molar-refractivity contribution in [3.8, 4) is 0 Å². The van der Waals surface area contributed by atoms with Crippen molar-refractivity contribution >= 4 is 10.8 Å². The van der Waals surface area contributed by atoms with E-state index in [2.05, 4.69) is 78.7 Å². The number of aryl methyl sites for hydroxylation is 1. The van der Waals surface area contributed by atoms with Gasteiger partial charge in [-0.05, 0) is 53.8 Å². The molecule has 1 heterocycles. The molecule has 0 aliphatic carbocycles. The molecule has 0 fully saturated rings. The van der Waals surface area contributed by atoms with Crippen molar-refractivity contribution in [1.29, 1.82) is 0 Å². The Morgan fingerprint density at radius 2 is 1.70 bits per heavy atom. The molecule has 144 valence electrons. The van der Waals surface area contributed by atoms with Crippen LogP contribution in [0.25, 0.3) is 10.8 Å². The average Bonchev–Trinajstić information content (AvgIpc) is 2.67. The predicted octanol–water partition coefficient (Wildman–Crippen LogP) is 6.40. The second kappa shape index (κ2) is 10.8. The van der Waals surface area contributed by atoms with Crippen molar-refractivity contribution in [2.45, 2.75) is 59.5 Å². The van der Waals surface area contributed by atoms with Crippen LogP contribution in [-0.4, -0.2) is 11.0 Å². The number of benzene rings is 2. The van der Waals surface area contributed by atoms with Gasteiger partial charge in [0.1, 0.15) is 0 Å². The summed E-state index contributed by atoms with van der Waals surface area (Å²) in [4.78, 5) is 4.19. The Morgan fingerprint density at radius 1 is 0.889 bits per heavy atom. The summed E-state index contributed by atoms with van der Waals surface area (Å²) in [5.41, 5.74) is 2.80.